The maximum Gasteiger partial charge on any atom is 0.0641 e. The molecular weight excluding hydrogens is 1030 g/mol. The van der Waals surface area contributed by atoms with Gasteiger partial charge >= 0.3 is 0 Å². The van der Waals surface area contributed by atoms with E-state index in [-0.39, 0.29) is 0 Å². The fourth-order valence-corrected chi connectivity index (χ4v) is 11.4. The summed E-state index contributed by atoms with van der Waals surface area (Å²) in [7, 11) is 0. The Kier molecular flexibility index (Phi) is 18.4. The predicted octanol–water partition coefficient (Wildman–Crippen LogP) is 24.0. The van der Waals surface area contributed by atoms with Crippen molar-refractivity contribution in [1.29, 1.82) is 0 Å². The number of hydrogen-bond acceptors (Lipinski definition) is 1. The summed E-state index contributed by atoms with van der Waals surface area (Å²) in [5.41, 5.74) is 18.7. The highest BCUT2D eigenvalue weighted by Crippen LogP contribution is 2.44. The van der Waals surface area contributed by atoms with Crippen molar-refractivity contribution >= 4 is 87.8 Å². The Bertz CT molecular complexity index is 4640. The topological polar surface area (TPSA) is 13.1 Å². The second-order valence-corrected chi connectivity index (χ2v) is 20.6. The molecule has 14 aromatic rings. The van der Waals surface area contributed by atoms with Gasteiger partial charge in [0.15, 0.2) is 0 Å². The Balaban J connectivity index is 0.000000348. The van der Waals surface area contributed by atoms with Gasteiger partial charge in [0.25, 0.3) is 0 Å². The summed E-state index contributed by atoms with van der Waals surface area (Å²) in [6.07, 6.45) is 7.54. The Morgan fingerprint density at radius 3 is 1.54 bits per heavy atom. The summed E-state index contributed by atoms with van der Waals surface area (Å²) in [5, 5.41) is 9.79. The van der Waals surface area contributed by atoms with Gasteiger partial charge in [-0.05, 0) is 167 Å². The van der Waals surface area contributed by atoms with Gasteiger partial charge in [0.1, 0.15) is 0 Å². The average Bonchev–Trinajstić information content (AvgIpc) is 1.70. The molecule has 0 saturated carbocycles. The minimum absolute atomic E-state index is 1.08. The van der Waals surface area contributed by atoms with Gasteiger partial charge in [-0.25, -0.2) is 0 Å². The molecule has 0 fully saturated rings. The van der Waals surface area contributed by atoms with Crippen molar-refractivity contribution in [2.75, 3.05) is 4.90 Å². The van der Waals surface area contributed by atoms with Crippen molar-refractivity contribution in [2.24, 2.45) is 0 Å². The van der Waals surface area contributed by atoms with E-state index in [1.165, 1.54) is 98.5 Å². The number of benzene rings is 12. The normalized spacial score (nSPS) is 10.8. The number of anilines is 3. The molecule has 0 N–H and O–H groups in total. The SMILES string of the molecule is C=C(/C=C\C)c1ccccc1C.C=CC.C=CC.CC.c1ccc(-c2ccc(N(c3cccc(-c4ccccc4)c3)c3ccc4ccc(-n5c6ccccc6c6ccc7c(c8ccccc8n7-c7ccc8ccccc8c7)c65)cc4c3)cc2)cc1. The van der Waals surface area contributed by atoms with Gasteiger partial charge in [-0.3, -0.25) is 0 Å². The summed E-state index contributed by atoms with van der Waals surface area (Å²) < 4.78 is 4.94. The van der Waals surface area contributed by atoms with E-state index in [0.717, 1.165) is 34.0 Å². The molecule has 2 heterocycles. The van der Waals surface area contributed by atoms with Crippen molar-refractivity contribution in [3.63, 3.8) is 0 Å². The van der Waals surface area contributed by atoms with Crippen LogP contribution in [-0.2, 0) is 0 Å². The summed E-state index contributed by atoms with van der Waals surface area (Å²) in [6, 6.07) is 99.0. The van der Waals surface area contributed by atoms with Crippen LogP contribution in [0.5, 0.6) is 0 Å². The maximum absolute atomic E-state index is 3.99. The zero-order valence-electron chi connectivity index (χ0n) is 49.8. The standard InChI is InChI=1S/C62H41N3.C12H14.2C3H6.C2H6/c1-3-14-42(15-4-1)45-26-31-50(32-27-45)63(51-21-13-20-48(38-51)43-16-5-2-6-17-43)52-33-29-46-30-35-54(41-49(46)40-52)65-58-24-11-9-22-55(58)56-36-37-60-61(62(56)65)57-23-10-12-25-59(57)64(60)53-34-28-44-18-7-8-19-47(44)39-53;1-4-7-10(2)12-9-6-5-8-11(12)3;2*1-3-2;1-2/h1-41H;4-9H,2H2,1,3H3;2*3H,1H2,2H3;1-2H3/b;7-4-;;;. The Labute approximate surface area is 502 Å². The molecular formula is C82H73N3. The number of rotatable bonds is 9. The molecule has 12 aromatic carbocycles. The Morgan fingerprint density at radius 1 is 0.376 bits per heavy atom. The lowest BCUT2D eigenvalue weighted by Gasteiger charge is -2.26. The van der Waals surface area contributed by atoms with Crippen LogP contribution >= 0.6 is 0 Å². The molecule has 0 saturated heterocycles. The van der Waals surface area contributed by atoms with Crippen LogP contribution in [0.3, 0.4) is 0 Å². The summed E-state index contributed by atoms with van der Waals surface area (Å²) in [5.74, 6) is 0. The molecule has 0 amide bonds. The highest BCUT2D eigenvalue weighted by molar-refractivity contribution is 6.26. The van der Waals surface area contributed by atoms with Crippen LogP contribution < -0.4 is 4.90 Å². The van der Waals surface area contributed by atoms with Gasteiger partial charge < -0.3 is 14.0 Å². The number of hydrogen-bond donors (Lipinski definition) is 0. The van der Waals surface area contributed by atoms with Crippen LogP contribution in [-0.4, -0.2) is 9.13 Å². The van der Waals surface area contributed by atoms with E-state index in [9.17, 15) is 0 Å². The van der Waals surface area contributed by atoms with Crippen LogP contribution in [0.4, 0.5) is 17.1 Å². The quantitative estimate of drug-likeness (QED) is 0.104. The molecule has 0 aliphatic rings. The molecule has 0 bridgehead atoms. The summed E-state index contributed by atoms with van der Waals surface area (Å²) in [6.45, 7) is 22.6. The molecule has 0 unspecified atom stereocenters. The molecule has 85 heavy (non-hydrogen) atoms. The first-order valence-electron chi connectivity index (χ1n) is 29.4. The minimum Gasteiger partial charge on any atom is -0.310 e. The molecule has 0 atom stereocenters. The van der Waals surface area contributed by atoms with E-state index in [0.29, 0.717) is 0 Å². The first kappa shape index (κ1) is 57.7. The van der Waals surface area contributed by atoms with Crippen molar-refractivity contribution in [3.8, 4) is 33.6 Å². The second-order valence-electron chi connectivity index (χ2n) is 20.6. The predicted molar refractivity (Wildman–Crippen MR) is 374 cm³/mol. The Hall–Kier alpha value is -10.5. The lowest BCUT2D eigenvalue weighted by atomic mass is 10.0. The second kappa shape index (κ2) is 27.1. The third-order valence-electron chi connectivity index (χ3n) is 15.1. The molecule has 3 nitrogen and oxygen atoms in total. The zero-order valence-corrected chi connectivity index (χ0v) is 49.8. The first-order chi connectivity index (χ1) is 41.8. The lowest BCUT2D eigenvalue weighted by Crippen LogP contribution is -2.10. The molecule has 0 spiro atoms. The van der Waals surface area contributed by atoms with Crippen LogP contribution in [0.15, 0.2) is 317 Å². The molecule has 0 aliphatic heterocycles. The third-order valence-corrected chi connectivity index (χ3v) is 15.1. The largest absolute Gasteiger partial charge is 0.310 e. The van der Waals surface area contributed by atoms with Gasteiger partial charge in [-0.15, -0.1) is 13.2 Å². The number of fused-ring (bicyclic) bond motifs is 9. The van der Waals surface area contributed by atoms with Crippen molar-refractivity contribution in [1.82, 2.24) is 9.13 Å². The number of allylic oxidation sites excluding steroid dienone is 5. The zero-order chi connectivity index (χ0) is 59.2. The maximum atomic E-state index is 3.99. The van der Waals surface area contributed by atoms with Gasteiger partial charge in [0, 0.05) is 50.0 Å². The van der Waals surface area contributed by atoms with E-state index >= 15 is 0 Å². The fourth-order valence-electron chi connectivity index (χ4n) is 11.4. The van der Waals surface area contributed by atoms with Crippen molar-refractivity contribution in [2.45, 2.75) is 41.5 Å². The molecule has 3 heteroatoms. The number of nitrogens with zero attached hydrogens (tertiary/aromatic N) is 3. The smallest absolute Gasteiger partial charge is 0.0641 e. The van der Waals surface area contributed by atoms with Crippen LogP contribution in [0.25, 0.3) is 104 Å². The van der Waals surface area contributed by atoms with E-state index in [4.69, 9.17) is 0 Å². The molecule has 2 aromatic heterocycles. The van der Waals surface area contributed by atoms with Crippen LogP contribution in [0.2, 0.25) is 0 Å². The van der Waals surface area contributed by atoms with Crippen molar-refractivity contribution < 1.29 is 0 Å². The van der Waals surface area contributed by atoms with Crippen LogP contribution in [0, 0.1) is 6.92 Å². The van der Waals surface area contributed by atoms with E-state index < -0.39 is 0 Å². The molecule has 14 rings (SSSR count). The summed E-state index contributed by atoms with van der Waals surface area (Å²) in [4.78, 5) is 2.39. The number of para-hydroxylation sites is 2. The minimum atomic E-state index is 1.08. The highest BCUT2D eigenvalue weighted by atomic mass is 15.1. The fraction of sp³-hybridized carbons (Fsp3) is 0.0732. The number of aromatic nitrogens is 2. The van der Waals surface area contributed by atoms with Gasteiger partial charge in [0.05, 0.1) is 22.1 Å². The summed E-state index contributed by atoms with van der Waals surface area (Å²) >= 11 is 0. The first-order valence-corrected chi connectivity index (χ1v) is 29.4. The third kappa shape index (κ3) is 12.1. The van der Waals surface area contributed by atoms with E-state index in [2.05, 4.69) is 302 Å². The number of aryl methyl sites for hydroxylation is 1. The average molecular weight is 1100 g/mol. The Morgan fingerprint density at radius 2 is 0.871 bits per heavy atom. The molecule has 0 radical (unpaired) electrons. The highest BCUT2D eigenvalue weighted by Gasteiger charge is 2.22. The van der Waals surface area contributed by atoms with Gasteiger partial charge in [-0.1, -0.05) is 239 Å². The lowest BCUT2D eigenvalue weighted by molar-refractivity contribution is 1.18. The van der Waals surface area contributed by atoms with Crippen LogP contribution in [0.1, 0.15) is 45.7 Å². The molecule has 0 aliphatic carbocycles. The molecule has 416 valence electrons. The monoisotopic (exact) mass is 1100 g/mol. The van der Waals surface area contributed by atoms with Crippen molar-refractivity contribution in [3.05, 3.63) is 328 Å². The van der Waals surface area contributed by atoms with Gasteiger partial charge in [-0.2, -0.15) is 0 Å². The van der Waals surface area contributed by atoms with E-state index in [1.54, 1.807) is 12.2 Å². The van der Waals surface area contributed by atoms with Gasteiger partial charge in [0.2, 0.25) is 0 Å². The van der Waals surface area contributed by atoms with E-state index in [1.807, 2.05) is 58.9 Å².